The zero-order valence-electron chi connectivity index (χ0n) is 11.3. The second kappa shape index (κ2) is 5.58. The van der Waals surface area contributed by atoms with E-state index in [0.29, 0.717) is 5.56 Å². The number of phenols is 1. The minimum absolute atomic E-state index is 0.152. The highest BCUT2D eigenvalue weighted by Gasteiger charge is 2.11. The molecule has 2 aromatic rings. The summed E-state index contributed by atoms with van der Waals surface area (Å²) >= 11 is 0. The molecular weight excluding hydrogens is 256 g/mol. The van der Waals surface area contributed by atoms with Crippen LogP contribution in [0.1, 0.15) is 10.4 Å². The molecule has 20 heavy (non-hydrogen) atoms. The Hall–Kier alpha value is -2.60. The molecule has 6 nitrogen and oxygen atoms in total. The Balaban J connectivity index is 2.56. The summed E-state index contributed by atoms with van der Waals surface area (Å²) in [5, 5.41) is 9.67. The van der Waals surface area contributed by atoms with Crippen LogP contribution in [0.15, 0.2) is 36.7 Å². The lowest BCUT2D eigenvalue weighted by Crippen LogP contribution is -2.30. The smallest absolute Gasteiger partial charge is 0.266 e. The normalized spacial score (nSPS) is 10.2. The molecule has 0 atom stereocenters. The van der Waals surface area contributed by atoms with Gasteiger partial charge in [-0.25, -0.2) is 5.84 Å². The lowest BCUT2D eigenvalue weighted by molar-refractivity contribution is 0.0953. The number of hydrogen-bond donors (Lipinski definition) is 3. The number of benzene rings is 1. The fourth-order valence-electron chi connectivity index (χ4n) is 1.94. The largest absolute Gasteiger partial charge is 0.508 e. The van der Waals surface area contributed by atoms with E-state index >= 15 is 0 Å². The van der Waals surface area contributed by atoms with Crippen LogP contribution in [0.4, 0.5) is 5.69 Å². The summed E-state index contributed by atoms with van der Waals surface area (Å²) in [7, 11) is 3.81. The zero-order valence-corrected chi connectivity index (χ0v) is 11.3. The Morgan fingerprint density at radius 2 is 2.05 bits per heavy atom. The van der Waals surface area contributed by atoms with Gasteiger partial charge in [0.05, 0.1) is 5.56 Å². The minimum Gasteiger partial charge on any atom is -0.508 e. The van der Waals surface area contributed by atoms with Gasteiger partial charge in [-0.05, 0) is 24.3 Å². The number of anilines is 1. The predicted octanol–water partition coefficient (Wildman–Crippen LogP) is 1.12. The number of nitrogens with one attached hydrogen (secondary N) is 1. The monoisotopic (exact) mass is 272 g/mol. The Bertz CT molecular complexity index is 641. The minimum atomic E-state index is -0.411. The van der Waals surface area contributed by atoms with Gasteiger partial charge in [0.2, 0.25) is 0 Å². The first-order valence-corrected chi connectivity index (χ1v) is 5.99. The summed E-state index contributed by atoms with van der Waals surface area (Å²) in [6.07, 6.45) is 3.07. The van der Waals surface area contributed by atoms with Crippen molar-refractivity contribution in [2.45, 2.75) is 0 Å². The van der Waals surface area contributed by atoms with Crippen molar-refractivity contribution in [3.63, 3.8) is 0 Å². The first-order chi connectivity index (χ1) is 9.52. The van der Waals surface area contributed by atoms with E-state index in [0.717, 1.165) is 16.8 Å². The summed E-state index contributed by atoms with van der Waals surface area (Å²) < 4.78 is 0. The maximum absolute atomic E-state index is 11.5. The molecule has 1 heterocycles. The van der Waals surface area contributed by atoms with Crippen molar-refractivity contribution in [2.75, 3.05) is 19.0 Å². The molecule has 0 aliphatic heterocycles. The summed E-state index contributed by atoms with van der Waals surface area (Å²) in [6, 6.07) is 6.73. The molecule has 0 spiro atoms. The zero-order chi connectivity index (χ0) is 14.7. The number of aromatic nitrogens is 1. The van der Waals surface area contributed by atoms with Gasteiger partial charge in [0.25, 0.3) is 5.91 Å². The van der Waals surface area contributed by atoms with Gasteiger partial charge in [0.1, 0.15) is 5.75 Å². The Kier molecular flexibility index (Phi) is 3.86. The number of phenolic OH excluding ortho intramolecular Hbond substituents is 1. The molecule has 0 aliphatic carbocycles. The number of hydrogen-bond acceptors (Lipinski definition) is 5. The topological polar surface area (TPSA) is 91.5 Å². The van der Waals surface area contributed by atoms with Crippen molar-refractivity contribution in [3.8, 4) is 16.9 Å². The van der Waals surface area contributed by atoms with E-state index in [-0.39, 0.29) is 5.75 Å². The third-order valence-corrected chi connectivity index (χ3v) is 2.90. The first kappa shape index (κ1) is 13.8. The molecule has 2 rings (SSSR count). The SMILES string of the molecule is CN(C)c1ccc(O)cc1-c1cncc(C(=O)NN)c1. The molecule has 104 valence electrons. The summed E-state index contributed by atoms with van der Waals surface area (Å²) in [6.45, 7) is 0. The maximum Gasteiger partial charge on any atom is 0.266 e. The van der Waals surface area contributed by atoms with Crippen LogP contribution in [0.25, 0.3) is 11.1 Å². The Morgan fingerprint density at radius 1 is 1.30 bits per heavy atom. The fraction of sp³-hybridized carbons (Fsp3) is 0.143. The lowest BCUT2D eigenvalue weighted by atomic mass is 10.0. The summed E-state index contributed by atoms with van der Waals surface area (Å²) in [5.41, 5.74) is 4.85. The summed E-state index contributed by atoms with van der Waals surface area (Å²) in [4.78, 5) is 17.5. The number of amides is 1. The molecular formula is C14H16N4O2. The van der Waals surface area contributed by atoms with E-state index in [1.807, 2.05) is 19.0 Å². The maximum atomic E-state index is 11.5. The Morgan fingerprint density at radius 3 is 2.70 bits per heavy atom. The third-order valence-electron chi connectivity index (χ3n) is 2.90. The molecule has 0 unspecified atom stereocenters. The van der Waals surface area contributed by atoms with Crippen molar-refractivity contribution in [2.24, 2.45) is 5.84 Å². The second-order valence-electron chi connectivity index (χ2n) is 4.53. The molecule has 0 saturated heterocycles. The molecule has 6 heteroatoms. The van der Waals surface area contributed by atoms with Crippen molar-refractivity contribution in [1.82, 2.24) is 10.4 Å². The highest BCUT2D eigenvalue weighted by molar-refractivity contribution is 5.95. The van der Waals surface area contributed by atoms with Crippen molar-refractivity contribution in [1.29, 1.82) is 0 Å². The van der Waals surface area contributed by atoms with Crippen LogP contribution in [-0.2, 0) is 0 Å². The third kappa shape index (κ3) is 2.70. The quantitative estimate of drug-likeness (QED) is 0.442. The van der Waals surface area contributed by atoms with Gasteiger partial charge in [-0.1, -0.05) is 0 Å². The van der Waals surface area contributed by atoms with Gasteiger partial charge >= 0.3 is 0 Å². The number of aromatic hydroxyl groups is 1. The van der Waals surface area contributed by atoms with Gasteiger partial charge in [-0.3, -0.25) is 15.2 Å². The average molecular weight is 272 g/mol. The molecule has 1 aromatic heterocycles. The van der Waals surface area contributed by atoms with E-state index in [2.05, 4.69) is 10.4 Å². The molecule has 0 saturated carbocycles. The number of rotatable bonds is 3. The van der Waals surface area contributed by atoms with Gasteiger partial charge in [0.15, 0.2) is 0 Å². The number of nitrogen functional groups attached to an aromatic ring is 1. The number of nitrogens with zero attached hydrogens (tertiary/aromatic N) is 2. The van der Waals surface area contributed by atoms with Crippen molar-refractivity contribution >= 4 is 11.6 Å². The lowest BCUT2D eigenvalue weighted by Gasteiger charge is -2.18. The van der Waals surface area contributed by atoms with Crippen LogP contribution in [0, 0.1) is 0 Å². The van der Waals surface area contributed by atoms with Gasteiger partial charge < -0.3 is 10.0 Å². The molecule has 1 aromatic carbocycles. The summed E-state index contributed by atoms with van der Waals surface area (Å²) in [5.74, 6) is 4.86. The van der Waals surface area contributed by atoms with E-state index in [1.165, 1.54) is 6.20 Å². The van der Waals surface area contributed by atoms with Gasteiger partial charge in [0, 0.05) is 43.3 Å². The number of carbonyl (C=O) groups excluding carboxylic acids is 1. The average Bonchev–Trinajstić information content (AvgIpc) is 2.46. The van der Waals surface area contributed by atoms with Crippen LogP contribution < -0.4 is 16.2 Å². The van der Waals surface area contributed by atoms with Crippen LogP contribution in [0.5, 0.6) is 5.75 Å². The molecule has 0 aliphatic rings. The van der Waals surface area contributed by atoms with Crippen LogP contribution in [-0.4, -0.2) is 30.1 Å². The van der Waals surface area contributed by atoms with E-state index < -0.39 is 5.91 Å². The second-order valence-corrected chi connectivity index (χ2v) is 4.53. The van der Waals surface area contributed by atoms with Crippen molar-refractivity contribution in [3.05, 3.63) is 42.2 Å². The predicted molar refractivity (Wildman–Crippen MR) is 77.3 cm³/mol. The van der Waals surface area contributed by atoms with Gasteiger partial charge in [-0.15, -0.1) is 0 Å². The molecule has 1 amide bonds. The standard InChI is InChI=1S/C14H16N4O2/c1-18(2)13-4-3-11(19)6-12(13)9-5-10(8-16-7-9)14(20)17-15/h3-8,19H,15H2,1-2H3,(H,17,20). The van der Waals surface area contributed by atoms with E-state index in [9.17, 15) is 9.90 Å². The number of hydrazine groups is 1. The molecule has 4 N–H and O–H groups in total. The van der Waals surface area contributed by atoms with Gasteiger partial charge in [-0.2, -0.15) is 0 Å². The van der Waals surface area contributed by atoms with E-state index in [4.69, 9.17) is 5.84 Å². The number of pyridine rings is 1. The molecule has 0 bridgehead atoms. The number of nitrogens with two attached hydrogens (primary N) is 1. The number of carbonyl (C=O) groups is 1. The highest BCUT2D eigenvalue weighted by Crippen LogP contribution is 2.32. The fourth-order valence-corrected chi connectivity index (χ4v) is 1.94. The Labute approximate surface area is 116 Å². The molecule has 0 radical (unpaired) electrons. The van der Waals surface area contributed by atoms with Crippen molar-refractivity contribution < 1.29 is 9.90 Å². The highest BCUT2D eigenvalue weighted by atomic mass is 16.3. The van der Waals surface area contributed by atoms with Crippen LogP contribution >= 0.6 is 0 Å². The van der Waals surface area contributed by atoms with Crippen LogP contribution in [0.2, 0.25) is 0 Å². The van der Waals surface area contributed by atoms with E-state index in [1.54, 1.807) is 30.5 Å². The molecule has 0 fully saturated rings. The first-order valence-electron chi connectivity index (χ1n) is 5.99. The van der Waals surface area contributed by atoms with Crippen LogP contribution in [0.3, 0.4) is 0 Å².